The lowest BCUT2D eigenvalue weighted by atomic mass is 9.93. The monoisotopic (exact) mass is 480 g/mol. The quantitative estimate of drug-likeness (QED) is 0.550. The van der Waals surface area contributed by atoms with E-state index in [0.29, 0.717) is 44.6 Å². The maximum Gasteiger partial charge on any atom is 0.252 e. The highest BCUT2D eigenvalue weighted by atomic mass is 16.6. The first kappa shape index (κ1) is 22.5. The fourth-order valence-corrected chi connectivity index (χ4v) is 5.53. The SMILES string of the molecule is O=c1[nH]c2cc3c(cc2cc1CN(Cc1nnnn1C[C@H]1CCCO1)C1CCCCC1)OCCO3. The molecule has 0 spiro atoms. The van der Waals surface area contributed by atoms with Crippen molar-refractivity contribution in [2.75, 3.05) is 19.8 Å². The van der Waals surface area contributed by atoms with E-state index in [1.165, 1.54) is 19.3 Å². The number of nitrogens with zero attached hydrogens (tertiary/aromatic N) is 5. The molecule has 35 heavy (non-hydrogen) atoms. The Labute approximate surface area is 203 Å². The summed E-state index contributed by atoms with van der Waals surface area (Å²) in [6.45, 7) is 3.67. The van der Waals surface area contributed by atoms with Gasteiger partial charge in [-0.3, -0.25) is 9.69 Å². The van der Waals surface area contributed by atoms with Gasteiger partial charge in [0.2, 0.25) is 0 Å². The third kappa shape index (κ3) is 4.90. The molecule has 6 rings (SSSR count). The lowest BCUT2D eigenvalue weighted by Gasteiger charge is -2.34. The Balaban J connectivity index is 1.28. The number of rotatable bonds is 7. The highest BCUT2D eigenvalue weighted by molar-refractivity contribution is 5.83. The van der Waals surface area contributed by atoms with Gasteiger partial charge >= 0.3 is 0 Å². The van der Waals surface area contributed by atoms with Crippen LogP contribution in [-0.2, 0) is 24.4 Å². The summed E-state index contributed by atoms with van der Waals surface area (Å²) in [4.78, 5) is 18.5. The van der Waals surface area contributed by atoms with Crippen molar-refractivity contribution in [3.8, 4) is 11.5 Å². The van der Waals surface area contributed by atoms with Gasteiger partial charge in [0, 0.05) is 36.2 Å². The summed E-state index contributed by atoms with van der Waals surface area (Å²) in [7, 11) is 0. The van der Waals surface area contributed by atoms with E-state index in [1.807, 2.05) is 22.9 Å². The molecule has 2 fully saturated rings. The van der Waals surface area contributed by atoms with Gasteiger partial charge in [-0.1, -0.05) is 19.3 Å². The van der Waals surface area contributed by atoms with Gasteiger partial charge in [0.05, 0.1) is 24.7 Å². The fourth-order valence-electron chi connectivity index (χ4n) is 5.53. The molecule has 1 N–H and O–H groups in total. The molecule has 2 aromatic heterocycles. The Hall–Kier alpha value is -2.98. The second kappa shape index (κ2) is 9.94. The van der Waals surface area contributed by atoms with Gasteiger partial charge in [-0.05, 0) is 48.2 Å². The zero-order valence-electron chi connectivity index (χ0n) is 19.9. The maximum atomic E-state index is 13.1. The Morgan fingerprint density at radius 2 is 1.80 bits per heavy atom. The van der Waals surface area contributed by atoms with Crippen molar-refractivity contribution in [3.63, 3.8) is 0 Å². The van der Waals surface area contributed by atoms with E-state index in [-0.39, 0.29) is 11.7 Å². The largest absolute Gasteiger partial charge is 0.486 e. The fraction of sp³-hybridized carbons (Fsp3) is 0.600. The molecule has 1 saturated carbocycles. The van der Waals surface area contributed by atoms with E-state index in [4.69, 9.17) is 14.2 Å². The number of benzene rings is 1. The summed E-state index contributed by atoms with van der Waals surface area (Å²) < 4.78 is 19.1. The van der Waals surface area contributed by atoms with Crippen LogP contribution in [0.3, 0.4) is 0 Å². The molecule has 1 atom stereocenters. The molecule has 3 aromatic rings. The minimum atomic E-state index is -0.0751. The molecule has 1 aliphatic carbocycles. The molecule has 1 aromatic carbocycles. The molecule has 10 heteroatoms. The minimum absolute atomic E-state index is 0.0751. The first-order valence-corrected chi connectivity index (χ1v) is 12.8. The number of aromatic amines is 1. The zero-order valence-corrected chi connectivity index (χ0v) is 19.9. The van der Waals surface area contributed by atoms with Crippen molar-refractivity contribution < 1.29 is 14.2 Å². The molecule has 3 aliphatic rings. The second-order valence-electron chi connectivity index (χ2n) is 9.82. The summed E-state index contributed by atoms with van der Waals surface area (Å²) in [5, 5.41) is 13.5. The van der Waals surface area contributed by atoms with Crippen molar-refractivity contribution in [3.05, 3.63) is 39.9 Å². The van der Waals surface area contributed by atoms with E-state index in [1.54, 1.807) is 0 Å². The molecular weight excluding hydrogens is 448 g/mol. The van der Waals surface area contributed by atoms with Gasteiger partial charge in [-0.25, -0.2) is 4.68 Å². The van der Waals surface area contributed by atoms with Crippen molar-refractivity contribution in [2.24, 2.45) is 0 Å². The number of pyridine rings is 1. The Kier molecular flexibility index (Phi) is 6.39. The molecule has 1 saturated heterocycles. The van der Waals surface area contributed by atoms with Crippen LogP contribution in [0.2, 0.25) is 0 Å². The third-order valence-electron chi connectivity index (χ3n) is 7.40. The highest BCUT2D eigenvalue weighted by Gasteiger charge is 2.26. The zero-order chi connectivity index (χ0) is 23.6. The lowest BCUT2D eigenvalue weighted by molar-refractivity contribution is 0.0893. The molecule has 0 radical (unpaired) electrons. The molecule has 2 aliphatic heterocycles. The minimum Gasteiger partial charge on any atom is -0.486 e. The van der Waals surface area contributed by atoms with E-state index in [0.717, 1.165) is 60.3 Å². The normalized spacial score (nSPS) is 20.7. The highest BCUT2D eigenvalue weighted by Crippen LogP contribution is 2.34. The average Bonchev–Trinajstić information content (AvgIpc) is 3.56. The molecule has 186 valence electrons. The predicted octanol–water partition coefficient (Wildman–Crippen LogP) is 2.80. The van der Waals surface area contributed by atoms with Gasteiger partial charge in [0.15, 0.2) is 17.3 Å². The number of tetrazole rings is 1. The first-order chi connectivity index (χ1) is 17.2. The second-order valence-corrected chi connectivity index (χ2v) is 9.82. The van der Waals surface area contributed by atoms with Crippen molar-refractivity contribution in [2.45, 2.75) is 76.7 Å². The molecular formula is C25H32N6O4. The van der Waals surface area contributed by atoms with Crippen LogP contribution in [0.15, 0.2) is 23.0 Å². The predicted molar refractivity (Wildman–Crippen MR) is 128 cm³/mol. The lowest BCUT2D eigenvalue weighted by Crippen LogP contribution is -2.38. The van der Waals surface area contributed by atoms with Crippen LogP contribution < -0.4 is 15.0 Å². The number of fused-ring (bicyclic) bond motifs is 2. The van der Waals surface area contributed by atoms with Gasteiger partial charge in [0.25, 0.3) is 5.56 Å². The number of hydrogen-bond donors (Lipinski definition) is 1. The maximum absolute atomic E-state index is 13.1. The Morgan fingerprint density at radius 1 is 0.971 bits per heavy atom. The smallest absolute Gasteiger partial charge is 0.252 e. The van der Waals surface area contributed by atoms with Crippen LogP contribution in [0.5, 0.6) is 11.5 Å². The summed E-state index contributed by atoms with van der Waals surface area (Å²) in [5.41, 5.74) is 1.42. The molecule has 4 heterocycles. The summed E-state index contributed by atoms with van der Waals surface area (Å²) in [6, 6.07) is 6.19. The van der Waals surface area contributed by atoms with Crippen LogP contribution in [0, 0.1) is 0 Å². The molecule has 0 unspecified atom stereocenters. The van der Waals surface area contributed by atoms with Gasteiger partial charge in [0.1, 0.15) is 13.2 Å². The van der Waals surface area contributed by atoms with Gasteiger partial charge in [-0.2, -0.15) is 0 Å². The van der Waals surface area contributed by atoms with E-state index < -0.39 is 0 Å². The van der Waals surface area contributed by atoms with Crippen LogP contribution in [0.4, 0.5) is 0 Å². The number of H-pyrrole nitrogens is 1. The summed E-state index contributed by atoms with van der Waals surface area (Å²) >= 11 is 0. The summed E-state index contributed by atoms with van der Waals surface area (Å²) in [6.07, 6.45) is 8.22. The van der Waals surface area contributed by atoms with Crippen LogP contribution >= 0.6 is 0 Å². The van der Waals surface area contributed by atoms with E-state index in [2.05, 4.69) is 25.4 Å². The van der Waals surface area contributed by atoms with Crippen molar-refractivity contribution in [1.29, 1.82) is 0 Å². The topological polar surface area (TPSA) is 107 Å². The van der Waals surface area contributed by atoms with Gasteiger partial charge < -0.3 is 19.2 Å². The van der Waals surface area contributed by atoms with Crippen molar-refractivity contribution in [1.82, 2.24) is 30.1 Å². The van der Waals surface area contributed by atoms with E-state index in [9.17, 15) is 4.79 Å². The van der Waals surface area contributed by atoms with Crippen LogP contribution in [0.1, 0.15) is 56.3 Å². The Morgan fingerprint density at radius 3 is 2.60 bits per heavy atom. The van der Waals surface area contributed by atoms with Crippen molar-refractivity contribution >= 4 is 10.9 Å². The number of nitrogens with one attached hydrogen (secondary N) is 1. The third-order valence-corrected chi connectivity index (χ3v) is 7.40. The van der Waals surface area contributed by atoms with Crippen LogP contribution in [-0.4, -0.2) is 62.1 Å². The van der Waals surface area contributed by atoms with Gasteiger partial charge in [-0.15, -0.1) is 5.10 Å². The number of ether oxygens (including phenoxy) is 3. The standard InChI is InChI=1S/C25H32N6O4/c32-25-18(11-17-12-22-23(13-21(17)26-25)35-10-9-34-22)14-30(19-5-2-1-3-6-19)16-24-27-28-29-31(24)15-20-7-4-8-33-20/h11-13,19-20H,1-10,14-16H2,(H,26,32)/t20-/m1/s1. The first-order valence-electron chi connectivity index (χ1n) is 12.8. The van der Waals surface area contributed by atoms with Crippen LogP contribution in [0.25, 0.3) is 10.9 Å². The molecule has 10 nitrogen and oxygen atoms in total. The Bertz CT molecular complexity index is 1230. The number of aromatic nitrogens is 5. The molecule has 0 amide bonds. The molecule has 0 bridgehead atoms. The average molecular weight is 481 g/mol. The summed E-state index contributed by atoms with van der Waals surface area (Å²) in [5.74, 6) is 2.22. The number of hydrogen-bond acceptors (Lipinski definition) is 8. The van der Waals surface area contributed by atoms with E-state index >= 15 is 0 Å².